The van der Waals surface area contributed by atoms with Crippen LogP contribution in [0.1, 0.15) is 22.3 Å². The lowest BCUT2D eigenvalue weighted by molar-refractivity contribution is 0.666. The van der Waals surface area contributed by atoms with E-state index < -0.39 is 5.41 Å². The van der Waals surface area contributed by atoms with E-state index in [1.165, 1.54) is 33.4 Å². The van der Waals surface area contributed by atoms with Crippen molar-refractivity contribution in [3.05, 3.63) is 229 Å². The number of fused-ring (bicyclic) bond motifs is 6. The Bertz CT molecular complexity index is 2950. The second kappa shape index (κ2) is 12.9. The fourth-order valence-electron chi connectivity index (χ4n) is 8.79. The van der Waals surface area contributed by atoms with Gasteiger partial charge in [0.05, 0.1) is 16.8 Å². The first-order chi connectivity index (χ1) is 27.7. The number of aromatic nitrogens is 2. The normalized spacial score (nSPS) is 12.8. The minimum absolute atomic E-state index is 0.470. The molecule has 2 aromatic heterocycles. The number of hydrogen-bond acceptors (Lipinski definition) is 3. The number of furan rings is 1. The topological polar surface area (TPSA) is 38.9 Å². The van der Waals surface area contributed by atoms with E-state index in [2.05, 4.69) is 170 Å². The average Bonchev–Trinajstić information content (AvgIpc) is 3.79. The quantitative estimate of drug-likeness (QED) is 0.172. The lowest BCUT2D eigenvalue weighted by Gasteiger charge is -2.33. The van der Waals surface area contributed by atoms with Gasteiger partial charge < -0.3 is 4.42 Å². The third-order valence-corrected chi connectivity index (χ3v) is 11.4. The Morgan fingerprint density at radius 2 is 0.857 bits per heavy atom. The first-order valence-electron chi connectivity index (χ1n) is 19.1. The summed E-state index contributed by atoms with van der Waals surface area (Å²) in [5, 5.41) is 2.24. The summed E-state index contributed by atoms with van der Waals surface area (Å²) >= 11 is 0. The smallest absolute Gasteiger partial charge is 0.160 e. The zero-order valence-corrected chi connectivity index (χ0v) is 30.4. The molecule has 3 nitrogen and oxygen atoms in total. The predicted octanol–water partition coefficient (Wildman–Crippen LogP) is 13.4. The first kappa shape index (κ1) is 32.1. The van der Waals surface area contributed by atoms with Crippen LogP contribution in [0.25, 0.3) is 78.1 Å². The molecule has 0 aliphatic heterocycles. The van der Waals surface area contributed by atoms with Gasteiger partial charge in [0, 0.05) is 27.5 Å². The number of nitrogens with zero attached hydrogens (tertiary/aromatic N) is 2. The van der Waals surface area contributed by atoms with Gasteiger partial charge in [0.15, 0.2) is 5.82 Å². The molecule has 0 radical (unpaired) electrons. The summed E-state index contributed by atoms with van der Waals surface area (Å²) in [6.45, 7) is 0. The maximum absolute atomic E-state index is 6.79. The third-order valence-electron chi connectivity index (χ3n) is 11.4. The molecule has 2 heterocycles. The van der Waals surface area contributed by atoms with Crippen LogP contribution in [0.4, 0.5) is 0 Å². The van der Waals surface area contributed by atoms with Crippen LogP contribution in [0, 0.1) is 0 Å². The highest BCUT2D eigenvalue weighted by Crippen LogP contribution is 2.57. The minimum atomic E-state index is -0.470. The molecule has 0 saturated heterocycles. The summed E-state index contributed by atoms with van der Waals surface area (Å²) in [6, 6.07) is 73.1. The molecule has 10 aromatic rings. The van der Waals surface area contributed by atoms with Gasteiger partial charge >= 0.3 is 0 Å². The molecule has 0 unspecified atom stereocenters. The average molecular weight is 715 g/mol. The molecule has 8 aromatic carbocycles. The Morgan fingerprint density at radius 1 is 0.339 bits per heavy atom. The summed E-state index contributed by atoms with van der Waals surface area (Å²) in [5.41, 5.74) is 15.9. The Hall–Kier alpha value is -7.36. The molecular formula is C53H34N2O. The van der Waals surface area contributed by atoms with Crippen LogP contribution in [0.15, 0.2) is 211 Å². The fourth-order valence-corrected chi connectivity index (χ4v) is 8.79. The molecule has 0 saturated carbocycles. The van der Waals surface area contributed by atoms with Gasteiger partial charge in [0.2, 0.25) is 0 Å². The van der Waals surface area contributed by atoms with E-state index in [4.69, 9.17) is 14.4 Å². The SMILES string of the molecule is c1ccc(-c2cc(-c3ccc(-c4ccc5c(c4)oc4cc6c(cc45)-c4ccccc4C6(c4ccccc4)c4ccccc4)cc3)nc(-c3ccccc3)n2)cc1. The third kappa shape index (κ3) is 5.05. The zero-order chi connectivity index (χ0) is 37.1. The van der Waals surface area contributed by atoms with Crippen molar-refractivity contribution in [2.75, 3.05) is 0 Å². The van der Waals surface area contributed by atoms with Gasteiger partial charge in [-0.2, -0.15) is 0 Å². The monoisotopic (exact) mass is 714 g/mol. The van der Waals surface area contributed by atoms with E-state index in [0.29, 0.717) is 5.82 Å². The molecule has 1 aliphatic carbocycles. The van der Waals surface area contributed by atoms with Crippen LogP contribution in [0.2, 0.25) is 0 Å². The highest BCUT2D eigenvalue weighted by molar-refractivity contribution is 6.09. The Labute approximate surface area is 325 Å². The Morgan fingerprint density at radius 3 is 1.52 bits per heavy atom. The molecule has 0 bridgehead atoms. The van der Waals surface area contributed by atoms with Gasteiger partial charge in [-0.05, 0) is 74.8 Å². The molecule has 262 valence electrons. The van der Waals surface area contributed by atoms with Crippen molar-refractivity contribution < 1.29 is 4.42 Å². The summed E-state index contributed by atoms with van der Waals surface area (Å²) in [7, 11) is 0. The van der Waals surface area contributed by atoms with Gasteiger partial charge in [0.1, 0.15) is 11.2 Å². The van der Waals surface area contributed by atoms with Crippen molar-refractivity contribution in [1.82, 2.24) is 9.97 Å². The molecule has 0 N–H and O–H groups in total. The van der Waals surface area contributed by atoms with Gasteiger partial charge in [-0.3, -0.25) is 0 Å². The molecular weight excluding hydrogens is 681 g/mol. The largest absolute Gasteiger partial charge is 0.456 e. The van der Waals surface area contributed by atoms with E-state index in [9.17, 15) is 0 Å². The van der Waals surface area contributed by atoms with Crippen LogP contribution in [0.5, 0.6) is 0 Å². The highest BCUT2D eigenvalue weighted by atomic mass is 16.3. The van der Waals surface area contributed by atoms with Crippen LogP contribution in [-0.4, -0.2) is 9.97 Å². The second-order valence-corrected chi connectivity index (χ2v) is 14.5. The second-order valence-electron chi connectivity index (χ2n) is 14.5. The van der Waals surface area contributed by atoms with E-state index in [1.807, 2.05) is 36.4 Å². The van der Waals surface area contributed by atoms with Crippen LogP contribution < -0.4 is 0 Å². The standard InChI is InChI=1S/C53H34N2O/c1-5-15-36(16-6-1)48-34-49(55-52(54-48)38-17-7-2-8-18-38)37-27-25-35(26-28-37)39-29-30-43-45-32-44-42-23-13-14-24-46(42)53(40-19-9-3-10-20-40,41-21-11-4-12-22-41)47(44)33-51(45)56-50(43)31-39/h1-34H. The molecule has 0 amide bonds. The molecule has 11 rings (SSSR count). The predicted molar refractivity (Wildman–Crippen MR) is 228 cm³/mol. The molecule has 56 heavy (non-hydrogen) atoms. The van der Waals surface area contributed by atoms with Crippen LogP contribution in [-0.2, 0) is 5.41 Å². The zero-order valence-electron chi connectivity index (χ0n) is 30.4. The summed E-state index contributed by atoms with van der Waals surface area (Å²) in [6.07, 6.45) is 0. The van der Waals surface area contributed by atoms with Crippen molar-refractivity contribution >= 4 is 21.9 Å². The summed E-state index contributed by atoms with van der Waals surface area (Å²) in [5.74, 6) is 0.709. The molecule has 1 aliphatic rings. The van der Waals surface area contributed by atoms with Crippen molar-refractivity contribution in [2.45, 2.75) is 5.41 Å². The lowest BCUT2D eigenvalue weighted by atomic mass is 9.67. The number of hydrogen-bond donors (Lipinski definition) is 0. The van der Waals surface area contributed by atoms with E-state index in [-0.39, 0.29) is 0 Å². The van der Waals surface area contributed by atoms with Gasteiger partial charge in [-0.1, -0.05) is 176 Å². The van der Waals surface area contributed by atoms with Crippen molar-refractivity contribution in [3.63, 3.8) is 0 Å². The molecule has 3 heteroatoms. The van der Waals surface area contributed by atoms with Crippen molar-refractivity contribution in [2.24, 2.45) is 0 Å². The van der Waals surface area contributed by atoms with Crippen molar-refractivity contribution in [1.29, 1.82) is 0 Å². The number of benzene rings is 8. The maximum Gasteiger partial charge on any atom is 0.160 e. The van der Waals surface area contributed by atoms with Gasteiger partial charge in [-0.15, -0.1) is 0 Å². The highest BCUT2D eigenvalue weighted by Gasteiger charge is 2.46. The van der Waals surface area contributed by atoms with Crippen LogP contribution in [0.3, 0.4) is 0 Å². The maximum atomic E-state index is 6.79. The first-order valence-corrected chi connectivity index (χ1v) is 19.1. The summed E-state index contributed by atoms with van der Waals surface area (Å²) < 4.78 is 6.79. The summed E-state index contributed by atoms with van der Waals surface area (Å²) in [4.78, 5) is 9.99. The number of rotatable bonds is 6. The van der Waals surface area contributed by atoms with Gasteiger partial charge in [0.25, 0.3) is 0 Å². The van der Waals surface area contributed by atoms with E-state index in [1.54, 1.807) is 0 Å². The minimum Gasteiger partial charge on any atom is -0.456 e. The molecule has 0 spiro atoms. The van der Waals surface area contributed by atoms with E-state index >= 15 is 0 Å². The Balaban J connectivity index is 1.01. The van der Waals surface area contributed by atoms with E-state index in [0.717, 1.165) is 61.1 Å². The van der Waals surface area contributed by atoms with Crippen LogP contribution >= 0.6 is 0 Å². The molecule has 0 fully saturated rings. The fraction of sp³-hybridized carbons (Fsp3) is 0.0189. The van der Waals surface area contributed by atoms with Crippen molar-refractivity contribution in [3.8, 4) is 56.2 Å². The lowest BCUT2D eigenvalue weighted by Crippen LogP contribution is -2.28. The molecule has 0 atom stereocenters. The Kier molecular flexibility index (Phi) is 7.39. The van der Waals surface area contributed by atoms with Gasteiger partial charge in [-0.25, -0.2) is 9.97 Å².